The van der Waals surface area contributed by atoms with E-state index >= 15 is 0 Å². The fourth-order valence-electron chi connectivity index (χ4n) is 1.15. The Morgan fingerprint density at radius 2 is 1.91 bits per heavy atom. The highest BCUT2D eigenvalue weighted by Crippen LogP contribution is 2.18. The van der Waals surface area contributed by atoms with Gasteiger partial charge < -0.3 is 10.6 Å². The third-order valence-corrected chi connectivity index (χ3v) is 2.04. The van der Waals surface area contributed by atoms with E-state index in [1.807, 2.05) is 0 Å². The van der Waals surface area contributed by atoms with Gasteiger partial charge in [0.1, 0.15) is 0 Å². The molecule has 0 amide bonds. The van der Waals surface area contributed by atoms with E-state index in [1.165, 1.54) is 38.8 Å². The highest BCUT2D eigenvalue weighted by atomic mass is 14.9. The molecule has 0 aromatic rings. The molecule has 0 saturated heterocycles. The van der Waals surface area contributed by atoms with Crippen molar-refractivity contribution in [2.45, 2.75) is 38.6 Å². The van der Waals surface area contributed by atoms with Gasteiger partial charge in [-0.2, -0.15) is 0 Å². The van der Waals surface area contributed by atoms with Crippen molar-refractivity contribution < 1.29 is 0 Å². The lowest BCUT2D eigenvalue weighted by molar-refractivity contribution is 0.589. The molecule has 0 unspecified atom stereocenters. The highest BCUT2D eigenvalue weighted by Gasteiger charge is 2.19. The van der Waals surface area contributed by atoms with Crippen molar-refractivity contribution in [3.8, 4) is 0 Å². The van der Waals surface area contributed by atoms with Gasteiger partial charge in [0.25, 0.3) is 0 Å². The summed E-state index contributed by atoms with van der Waals surface area (Å²) in [7, 11) is 0. The first-order valence-corrected chi connectivity index (χ1v) is 4.87. The van der Waals surface area contributed by atoms with Crippen molar-refractivity contribution in [3.05, 3.63) is 0 Å². The van der Waals surface area contributed by atoms with Gasteiger partial charge >= 0.3 is 0 Å². The molecule has 1 saturated carbocycles. The molecule has 1 aliphatic carbocycles. The number of rotatable bonds is 7. The molecule has 66 valence electrons. The van der Waals surface area contributed by atoms with E-state index in [0.29, 0.717) is 0 Å². The molecule has 0 aromatic carbocycles. The standard InChI is InChI=1S/C9H20N2/c1-2-10-7-3-4-8-11-9-5-6-9/h9-11H,2-8H2,1H3. The summed E-state index contributed by atoms with van der Waals surface area (Å²) in [5.41, 5.74) is 0. The molecule has 2 heteroatoms. The van der Waals surface area contributed by atoms with Gasteiger partial charge in [0.05, 0.1) is 0 Å². The Hall–Kier alpha value is -0.0800. The Labute approximate surface area is 69.8 Å². The topological polar surface area (TPSA) is 24.1 Å². The molecule has 1 fully saturated rings. The molecule has 2 N–H and O–H groups in total. The maximum absolute atomic E-state index is 3.51. The first-order valence-electron chi connectivity index (χ1n) is 4.87. The van der Waals surface area contributed by atoms with Crippen molar-refractivity contribution >= 4 is 0 Å². The molecule has 2 nitrogen and oxygen atoms in total. The predicted molar refractivity (Wildman–Crippen MR) is 48.8 cm³/mol. The SMILES string of the molecule is CCNCCCCNC1CC1. The van der Waals surface area contributed by atoms with E-state index in [-0.39, 0.29) is 0 Å². The Morgan fingerprint density at radius 1 is 1.18 bits per heavy atom. The van der Waals surface area contributed by atoms with Gasteiger partial charge in [-0.25, -0.2) is 0 Å². The summed E-state index contributed by atoms with van der Waals surface area (Å²) >= 11 is 0. The third kappa shape index (κ3) is 5.22. The number of hydrogen-bond donors (Lipinski definition) is 2. The second kappa shape index (κ2) is 5.56. The summed E-state index contributed by atoms with van der Waals surface area (Å²) in [4.78, 5) is 0. The van der Waals surface area contributed by atoms with E-state index < -0.39 is 0 Å². The maximum atomic E-state index is 3.51. The van der Waals surface area contributed by atoms with Gasteiger partial charge in [0, 0.05) is 6.04 Å². The average Bonchev–Trinajstić information content (AvgIpc) is 2.80. The first-order chi connectivity index (χ1) is 5.43. The lowest BCUT2D eigenvalue weighted by Crippen LogP contribution is -2.20. The van der Waals surface area contributed by atoms with Crippen LogP contribution < -0.4 is 10.6 Å². The van der Waals surface area contributed by atoms with Crippen molar-refractivity contribution in [3.63, 3.8) is 0 Å². The Morgan fingerprint density at radius 3 is 2.55 bits per heavy atom. The van der Waals surface area contributed by atoms with Crippen LogP contribution in [-0.2, 0) is 0 Å². The second-order valence-electron chi connectivity index (χ2n) is 3.29. The zero-order valence-electron chi connectivity index (χ0n) is 7.53. The molecule has 0 spiro atoms. The van der Waals surface area contributed by atoms with Crippen LogP contribution in [0, 0.1) is 0 Å². The molecule has 0 bridgehead atoms. The number of unbranched alkanes of at least 4 members (excludes halogenated alkanes) is 1. The van der Waals surface area contributed by atoms with Crippen molar-refractivity contribution in [1.29, 1.82) is 0 Å². The van der Waals surface area contributed by atoms with E-state index in [0.717, 1.165) is 12.6 Å². The second-order valence-corrected chi connectivity index (χ2v) is 3.29. The summed E-state index contributed by atoms with van der Waals surface area (Å²) in [5.74, 6) is 0. The lowest BCUT2D eigenvalue weighted by atomic mass is 10.3. The molecule has 0 aromatic heterocycles. The van der Waals surface area contributed by atoms with Crippen LogP contribution in [0.1, 0.15) is 32.6 Å². The van der Waals surface area contributed by atoms with Crippen molar-refractivity contribution in [1.82, 2.24) is 10.6 Å². The molecular weight excluding hydrogens is 136 g/mol. The fraction of sp³-hybridized carbons (Fsp3) is 1.00. The van der Waals surface area contributed by atoms with Gasteiger partial charge in [0.2, 0.25) is 0 Å². The average molecular weight is 156 g/mol. The van der Waals surface area contributed by atoms with Gasteiger partial charge in [-0.05, 0) is 45.3 Å². The Bertz CT molecular complexity index is 89.6. The smallest absolute Gasteiger partial charge is 0.00682 e. The molecule has 0 heterocycles. The van der Waals surface area contributed by atoms with Gasteiger partial charge in [-0.1, -0.05) is 6.92 Å². The van der Waals surface area contributed by atoms with Crippen LogP contribution in [-0.4, -0.2) is 25.7 Å². The number of nitrogens with one attached hydrogen (secondary N) is 2. The summed E-state index contributed by atoms with van der Waals surface area (Å²) in [5, 5.41) is 6.83. The molecule has 0 aliphatic heterocycles. The molecule has 0 radical (unpaired) electrons. The summed E-state index contributed by atoms with van der Waals surface area (Å²) in [6.07, 6.45) is 5.46. The van der Waals surface area contributed by atoms with E-state index in [9.17, 15) is 0 Å². The highest BCUT2D eigenvalue weighted by molar-refractivity contribution is 4.80. The minimum Gasteiger partial charge on any atom is -0.317 e. The van der Waals surface area contributed by atoms with E-state index in [2.05, 4.69) is 17.6 Å². The van der Waals surface area contributed by atoms with Crippen molar-refractivity contribution in [2.75, 3.05) is 19.6 Å². The summed E-state index contributed by atoms with van der Waals surface area (Å²) < 4.78 is 0. The minimum absolute atomic E-state index is 0.883. The number of hydrogen-bond acceptors (Lipinski definition) is 2. The van der Waals surface area contributed by atoms with E-state index in [1.54, 1.807) is 0 Å². The molecule has 11 heavy (non-hydrogen) atoms. The maximum Gasteiger partial charge on any atom is 0.00682 e. The van der Waals surface area contributed by atoms with Crippen LogP contribution in [0.5, 0.6) is 0 Å². The van der Waals surface area contributed by atoms with Crippen LogP contribution in [0.3, 0.4) is 0 Å². The minimum atomic E-state index is 0.883. The molecule has 0 atom stereocenters. The molecular formula is C9H20N2. The third-order valence-electron chi connectivity index (χ3n) is 2.04. The fourth-order valence-corrected chi connectivity index (χ4v) is 1.15. The lowest BCUT2D eigenvalue weighted by Gasteiger charge is -2.02. The quantitative estimate of drug-likeness (QED) is 0.540. The van der Waals surface area contributed by atoms with Crippen LogP contribution in [0.15, 0.2) is 0 Å². The van der Waals surface area contributed by atoms with Gasteiger partial charge in [-0.3, -0.25) is 0 Å². The molecule has 1 aliphatic rings. The van der Waals surface area contributed by atoms with Crippen LogP contribution in [0.25, 0.3) is 0 Å². The van der Waals surface area contributed by atoms with Crippen LogP contribution in [0.4, 0.5) is 0 Å². The van der Waals surface area contributed by atoms with Gasteiger partial charge in [0.15, 0.2) is 0 Å². The van der Waals surface area contributed by atoms with Gasteiger partial charge in [-0.15, -0.1) is 0 Å². The first kappa shape index (κ1) is 9.01. The summed E-state index contributed by atoms with van der Waals surface area (Å²) in [6, 6.07) is 0.883. The van der Waals surface area contributed by atoms with Crippen LogP contribution in [0.2, 0.25) is 0 Å². The molecule has 1 rings (SSSR count). The Kier molecular flexibility index (Phi) is 4.55. The zero-order chi connectivity index (χ0) is 7.94. The van der Waals surface area contributed by atoms with Crippen molar-refractivity contribution in [2.24, 2.45) is 0 Å². The predicted octanol–water partition coefficient (Wildman–Crippen LogP) is 1.13. The summed E-state index contributed by atoms with van der Waals surface area (Å²) in [6.45, 7) is 5.66. The largest absolute Gasteiger partial charge is 0.317 e. The van der Waals surface area contributed by atoms with E-state index in [4.69, 9.17) is 0 Å². The normalized spacial score (nSPS) is 17.2. The monoisotopic (exact) mass is 156 g/mol. The van der Waals surface area contributed by atoms with Crippen LogP contribution >= 0.6 is 0 Å². The zero-order valence-corrected chi connectivity index (χ0v) is 7.53. The Balaban J connectivity index is 1.66.